The highest BCUT2D eigenvalue weighted by Gasteiger charge is 2.11. The molecule has 0 spiro atoms. The molecule has 0 fully saturated rings. The number of hydrogen-bond acceptors (Lipinski definition) is 3. The van der Waals surface area contributed by atoms with Crippen LogP contribution in [0.5, 0.6) is 0 Å². The van der Waals surface area contributed by atoms with Crippen LogP contribution in [-0.4, -0.2) is 18.4 Å². The van der Waals surface area contributed by atoms with E-state index in [9.17, 15) is 9.59 Å². The van der Waals surface area contributed by atoms with Crippen LogP contribution in [0.1, 0.15) is 26.7 Å². The average Bonchev–Trinajstić information content (AvgIpc) is 2.38. The first-order valence-corrected chi connectivity index (χ1v) is 6.47. The highest BCUT2D eigenvalue weighted by Crippen LogP contribution is 2.16. The van der Waals surface area contributed by atoms with Gasteiger partial charge in [-0.15, -0.1) is 0 Å². The summed E-state index contributed by atoms with van der Waals surface area (Å²) in [7, 11) is 0. The number of anilines is 2. The lowest BCUT2D eigenvalue weighted by molar-refractivity contribution is -0.119. The summed E-state index contributed by atoms with van der Waals surface area (Å²) in [6, 6.07) is 7.07. The van der Waals surface area contributed by atoms with Gasteiger partial charge in [-0.3, -0.25) is 9.59 Å². The Bertz CT molecular complexity index is 446. The van der Waals surface area contributed by atoms with Crippen LogP contribution in [0.4, 0.5) is 11.4 Å². The van der Waals surface area contributed by atoms with Gasteiger partial charge in [0.05, 0.1) is 0 Å². The van der Waals surface area contributed by atoms with Crippen LogP contribution in [0.25, 0.3) is 0 Å². The van der Waals surface area contributed by atoms with Gasteiger partial charge < -0.3 is 16.4 Å². The molecule has 5 heteroatoms. The van der Waals surface area contributed by atoms with Crippen molar-refractivity contribution < 1.29 is 9.59 Å². The van der Waals surface area contributed by atoms with Crippen LogP contribution in [0.2, 0.25) is 0 Å². The lowest BCUT2D eigenvalue weighted by Gasteiger charge is -2.11. The molecule has 0 heterocycles. The molecule has 4 N–H and O–H groups in total. The summed E-state index contributed by atoms with van der Waals surface area (Å²) in [6.45, 7) is 4.02. The summed E-state index contributed by atoms with van der Waals surface area (Å²) in [6.07, 6.45) is 1.29. The molecule has 0 aliphatic carbocycles. The fourth-order valence-corrected chi connectivity index (χ4v) is 1.50. The lowest BCUT2D eigenvalue weighted by Crippen LogP contribution is -2.26. The van der Waals surface area contributed by atoms with E-state index in [1.165, 1.54) is 0 Å². The minimum Gasteiger partial charge on any atom is -0.330 e. The molecule has 0 aliphatic heterocycles. The molecule has 0 saturated carbocycles. The zero-order valence-electron chi connectivity index (χ0n) is 11.4. The number of amides is 2. The number of carbonyl (C=O) groups is 2. The first kappa shape index (κ1) is 15.2. The minimum atomic E-state index is -0.238. The van der Waals surface area contributed by atoms with Crippen molar-refractivity contribution in [3.05, 3.63) is 24.3 Å². The summed E-state index contributed by atoms with van der Waals surface area (Å²) in [5.74, 6) is -0.390. The molecule has 1 atom stereocenters. The second-order valence-electron chi connectivity index (χ2n) is 4.50. The van der Waals surface area contributed by atoms with E-state index < -0.39 is 0 Å². The molecular formula is C14H21N3O2. The maximum atomic E-state index is 11.7. The van der Waals surface area contributed by atoms with E-state index in [4.69, 9.17) is 5.73 Å². The van der Waals surface area contributed by atoms with Crippen LogP contribution in [-0.2, 0) is 9.59 Å². The second kappa shape index (κ2) is 7.53. The van der Waals surface area contributed by atoms with Crippen molar-refractivity contribution in [3.8, 4) is 0 Å². The number of rotatable bonds is 6. The zero-order chi connectivity index (χ0) is 14.3. The molecule has 0 radical (unpaired) electrons. The maximum absolute atomic E-state index is 11.7. The molecule has 5 nitrogen and oxygen atoms in total. The summed E-state index contributed by atoms with van der Waals surface area (Å²) >= 11 is 0. The predicted octanol–water partition coefficient (Wildman–Crippen LogP) is 1.96. The molecule has 2 amide bonds. The van der Waals surface area contributed by atoms with Crippen molar-refractivity contribution >= 4 is 23.2 Å². The van der Waals surface area contributed by atoms with E-state index in [1.54, 1.807) is 31.2 Å². The predicted molar refractivity (Wildman–Crippen MR) is 76.8 cm³/mol. The Morgan fingerprint density at radius 1 is 1.26 bits per heavy atom. The molecule has 1 aromatic rings. The van der Waals surface area contributed by atoms with Crippen LogP contribution in [0, 0.1) is 5.92 Å². The summed E-state index contributed by atoms with van der Waals surface area (Å²) in [4.78, 5) is 23.2. The molecule has 1 aromatic carbocycles. The van der Waals surface area contributed by atoms with Gasteiger partial charge >= 0.3 is 0 Å². The van der Waals surface area contributed by atoms with E-state index >= 15 is 0 Å². The van der Waals surface area contributed by atoms with Crippen LogP contribution in [0.3, 0.4) is 0 Å². The SMILES string of the molecule is CCCC(=O)Nc1cccc(NC(=O)C(C)CN)c1. The molecule has 0 saturated heterocycles. The van der Waals surface area contributed by atoms with Gasteiger partial charge in [0.1, 0.15) is 0 Å². The lowest BCUT2D eigenvalue weighted by atomic mass is 10.1. The van der Waals surface area contributed by atoms with Gasteiger partial charge in [-0.25, -0.2) is 0 Å². The molecular weight excluding hydrogens is 242 g/mol. The van der Waals surface area contributed by atoms with Crippen LogP contribution < -0.4 is 16.4 Å². The third kappa shape index (κ3) is 5.09. The van der Waals surface area contributed by atoms with Crippen molar-refractivity contribution in [2.75, 3.05) is 17.2 Å². The third-order valence-corrected chi connectivity index (χ3v) is 2.69. The fraction of sp³-hybridized carbons (Fsp3) is 0.429. The molecule has 0 aromatic heterocycles. The summed E-state index contributed by atoms with van der Waals surface area (Å²) < 4.78 is 0. The summed E-state index contributed by atoms with van der Waals surface area (Å²) in [5.41, 5.74) is 6.77. The van der Waals surface area contributed by atoms with Crippen molar-refractivity contribution in [1.82, 2.24) is 0 Å². The molecule has 1 rings (SSSR count). The van der Waals surface area contributed by atoms with Crippen LogP contribution >= 0.6 is 0 Å². The molecule has 1 unspecified atom stereocenters. The molecule has 0 aliphatic rings. The molecule has 19 heavy (non-hydrogen) atoms. The Morgan fingerprint density at radius 3 is 2.47 bits per heavy atom. The number of carbonyl (C=O) groups excluding carboxylic acids is 2. The fourth-order valence-electron chi connectivity index (χ4n) is 1.50. The van der Waals surface area contributed by atoms with Gasteiger partial charge in [0, 0.05) is 30.3 Å². The monoisotopic (exact) mass is 263 g/mol. The maximum Gasteiger partial charge on any atom is 0.228 e. The van der Waals surface area contributed by atoms with E-state index in [1.807, 2.05) is 6.92 Å². The summed E-state index contributed by atoms with van der Waals surface area (Å²) in [5, 5.41) is 5.55. The first-order chi connectivity index (χ1) is 9.06. The standard InChI is InChI=1S/C14H21N3O2/c1-3-5-13(18)16-11-6-4-7-12(8-11)17-14(19)10(2)9-15/h4,6-8,10H,3,5,9,15H2,1-2H3,(H,16,18)(H,17,19). The Hall–Kier alpha value is -1.88. The Balaban J connectivity index is 2.66. The number of hydrogen-bond donors (Lipinski definition) is 3. The Kier molecular flexibility index (Phi) is 6.02. The first-order valence-electron chi connectivity index (χ1n) is 6.47. The topological polar surface area (TPSA) is 84.2 Å². The number of nitrogens with two attached hydrogens (primary N) is 1. The van der Waals surface area contributed by atoms with Crippen molar-refractivity contribution in [2.24, 2.45) is 11.7 Å². The normalized spacial score (nSPS) is 11.7. The van der Waals surface area contributed by atoms with Crippen molar-refractivity contribution in [1.29, 1.82) is 0 Å². The Morgan fingerprint density at radius 2 is 1.89 bits per heavy atom. The Labute approximate surface area is 113 Å². The number of nitrogens with one attached hydrogen (secondary N) is 2. The van der Waals surface area contributed by atoms with Gasteiger partial charge in [0.15, 0.2) is 0 Å². The smallest absolute Gasteiger partial charge is 0.228 e. The highest BCUT2D eigenvalue weighted by atomic mass is 16.2. The largest absolute Gasteiger partial charge is 0.330 e. The number of benzene rings is 1. The zero-order valence-corrected chi connectivity index (χ0v) is 11.4. The highest BCUT2D eigenvalue weighted by molar-refractivity contribution is 5.94. The van der Waals surface area contributed by atoms with E-state index in [0.29, 0.717) is 24.3 Å². The third-order valence-electron chi connectivity index (χ3n) is 2.69. The van der Waals surface area contributed by atoms with Crippen LogP contribution in [0.15, 0.2) is 24.3 Å². The van der Waals surface area contributed by atoms with Gasteiger partial charge in [0.2, 0.25) is 11.8 Å². The van der Waals surface area contributed by atoms with E-state index in [0.717, 1.165) is 6.42 Å². The van der Waals surface area contributed by atoms with E-state index in [-0.39, 0.29) is 17.7 Å². The van der Waals surface area contributed by atoms with Gasteiger partial charge in [-0.2, -0.15) is 0 Å². The van der Waals surface area contributed by atoms with Crippen molar-refractivity contribution in [3.63, 3.8) is 0 Å². The van der Waals surface area contributed by atoms with Gasteiger partial charge in [-0.05, 0) is 24.6 Å². The van der Waals surface area contributed by atoms with Gasteiger partial charge in [0.25, 0.3) is 0 Å². The molecule has 104 valence electrons. The quantitative estimate of drug-likeness (QED) is 0.733. The van der Waals surface area contributed by atoms with Gasteiger partial charge in [-0.1, -0.05) is 19.9 Å². The average molecular weight is 263 g/mol. The van der Waals surface area contributed by atoms with Crippen molar-refractivity contribution in [2.45, 2.75) is 26.7 Å². The second-order valence-corrected chi connectivity index (χ2v) is 4.50. The minimum absolute atomic E-state index is 0.0266. The van der Waals surface area contributed by atoms with E-state index in [2.05, 4.69) is 10.6 Å². The molecule has 0 bridgehead atoms.